The zero-order chi connectivity index (χ0) is 14.7. The lowest BCUT2D eigenvalue weighted by molar-refractivity contribution is 0.580. The van der Waals surface area contributed by atoms with Gasteiger partial charge in [-0.2, -0.15) is 0 Å². The zero-order valence-electron chi connectivity index (χ0n) is 11.9. The molecule has 0 radical (unpaired) electrons. The Hall–Kier alpha value is -2.82. The molecule has 0 bridgehead atoms. The molecule has 0 saturated heterocycles. The van der Waals surface area contributed by atoms with E-state index in [2.05, 4.69) is 32.3 Å². The van der Waals surface area contributed by atoms with Gasteiger partial charge >= 0.3 is 0 Å². The molecule has 0 unspecified atom stereocenters. The second-order valence-corrected chi connectivity index (χ2v) is 4.83. The van der Waals surface area contributed by atoms with Crippen LogP contribution in [-0.4, -0.2) is 24.1 Å². The molecule has 5 nitrogen and oxygen atoms in total. The van der Waals surface area contributed by atoms with Crippen LogP contribution in [0.5, 0.6) is 0 Å². The van der Waals surface area contributed by atoms with Crippen LogP contribution in [0.1, 0.15) is 0 Å². The molecule has 3 rings (SSSR count). The van der Waals surface area contributed by atoms with Gasteiger partial charge in [-0.05, 0) is 36.4 Å². The molecule has 0 saturated carbocycles. The highest BCUT2D eigenvalue weighted by Crippen LogP contribution is 2.22. The first-order valence-electron chi connectivity index (χ1n) is 6.63. The SMILES string of the molecule is CN(C)c1ccc(Nc2cc(-c3ccco3)ncn2)cc1. The molecule has 0 aliphatic heterocycles. The lowest BCUT2D eigenvalue weighted by atomic mass is 10.2. The normalized spacial score (nSPS) is 10.4. The Balaban J connectivity index is 1.80. The summed E-state index contributed by atoms with van der Waals surface area (Å²) in [6.45, 7) is 0. The molecule has 0 amide bonds. The van der Waals surface area contributed by atoms with E-state index in [0.717, 1.165) is 28.6 Å². The molecule has 0 spiro atoms. The van der Waals surface area contributed by atoms with Gasteiger partial charge in [0.25, 0.3) is 0 Å². The highest BCUT2D eigenvalue weighted by molar-refractivity contribution is 5.64. The maximum atomic E-state index is 5.34. The molecule has 0 atom stereocenters. The van der Waals surface area contributed by atoms with E-state index < -0.39 is 0 Å². The Kier molecular flexibility index (Phi) is 3.55. The largest absolute Gasteiger partial charge is 0.463 e. The monoisotopic (exact) mass is 280 g/mol. The van der Waals surface area contributed by atoms with Crippen LogP contribution in [0.25, 0.3) is 11.5 Å². The lowest BCUT2D eigenvalue weighted by Crippen LogP contribution is -2.08. The van der Waals surface area contributed by atoms with Gasteiger partial charge in [0.15, 0.2) is 5.76 Å². The molecule has 106 valence electrons. The summed E-state index contributed by atoms with van der Waals surface area (Å²) in [7, 11) is 4.03. The lowest BCUT2D eigenvalue weighted by Gasteiger charge is -2.13. The fraction of sp³-hybridized carbons (Fsp3) is 0.125. The van der Waals surface area contributed by atoms with Gasteiger partial charge in [-0.15, -0.1) is 0 Å². The van der Waals surface area contributed by atoms with Gasteiger partial charge in [0.2, 0.25) is 0 Å². The van der Waals surface area contributed by atoms with E-state index in [1.807, 2.05) is 44.4 Å². The standard InChI is InChI=1S/C16H16N4O/c1-20(2)13-7-5-12(6-8-13)19-16-10-14(17-11-18-16)15-4-3-9-21-15/h3-11H,1-2H3,(H,17,18,19). The van der Waals surface area contributed by atoms with Gasteiger partial charge in [0.1, 0.15) is 17.8 Å². The van der Waals surface area contributed by atoms with Crippen LogP contribution in [0.4, 0.5) is 17.2 Å². The predicted octanol–water partition coefficient (Wildman–Crippen LogP) is 3.55. The minimum absolute atomic E-state index is 0.725. The van der Waals surface area contributed by atoms with E-state index in [4.69, 9.17) is 4.42 Å². The number of furan rings is 1. The molecule has 0 aliphatic carbocycles. The highest BCUT2D eigenvalue weighted by atomic mass is 16.3. The number of aromatic nitrogens is 2. The Bertz CT molecular complexity index is 705. The summed E-state index contributed by atoms with van der Waals surface area (Å²) < 4.78 is 5.34. The Morgan fingerprint density at radius 2 is 1.86 bits per heavy atom. The van der Waals surface area contributed by atoms with Crippen LogP contribution >= 0.6 is 0 Å². The van der Waals surface area contributed by atoms with E-state index in [9.17, 15) is 0 Å². The van der Waals surface area contributed by atoms with E-state index >= 15 is 0 Å². The van der Waals surface area contributed by atoms with Crippen molar-refractivity contribution in [2.24, 2.45) is 0 Å². The summed E-state index contributed by atoms with van der Waals surface area (Å²) >= 11 is 0. The minimum atomic E-state index is 0.725. The van der Waals surface area contributed by atoms with Crippen molar-refractivity contribution in [3.8, 4) is 11.5 Å². The third-order valence-electron chi connectivity index (χ3n) is 3.10. The van der Waals surface area contributed by atoms with Gasteiger partial charge in [0.05, 0.1) is 6.26 Å². The molecule has 2 aromatic heterocycles. The predicted molar refractivity (Wildman–Crippen MR) is 83.8 cm³/mol. The highest BCUT2D eigenvalue weighted by Gasteiger charge is 2.04. The number of benzene rings is 1. The Morgan fingerprint density at radius 3 is 2.52 bits per heavy atom. The van der Waals surface area contributed by atoms with E-state index in [1.165, 1.54) is 6.33 Å². The molecule has 2 heterocycles. The number of nitrogens with one attached hydrogen (secondary N) is 1. The number of rotatable bonds is 4. The fourth-order valence-electron chi connectivity index (χ4n) is 1.98. The van der Waals surface area contributed by atoms with Crippen molar-refractivity contribution >= 4 is 17.2 Å². The first-order chi connectivity index (χ1) is 10.2. The first kappa shape index (κ1) is 13.2. The molecule has 1 N–H and O–H groups in total. The molecular formula is C16H16N4O. The average Bonchev–Trinajstić information content (AvgIpc) is 3.02. The third kappa shape index (κ3) is 3.02. The van der Waals surface area contributed by atoms with Crippen LogP contribution in [0.2, 0.25) is 0 Å². The maximum Gasteiger partial charge on any atom is 0.152 e. The summed E-state index contributed by atoms with van der Waals surface area (Å²) in [6.07, 6.45) is 3.15. The Morgan fingerprint density at radius 1 is 1.05 bits per heavy atom. The maximum absolute atomic E-state index is 5.34. The second kappa shape index (κ2) is 5.66. The van der Waals surface area contributed by atoms with Crippen molar-refractivity contribution in [3.63, 3.8) is 0 Å². The number of hydrogen-bond acceptors (Lipinski definition) is 5. The van der Waals surface area contributed by atoms with Crippen molar-refractivity contribution in [2.75, 3.05) is 24.3 Å². The summed E-state index contributed by atoms with van der Waals surface area (Å²) in [5.74, 6) is 1.46. The van der Waals surface area contributed by atoms with Crippen LogP contribution in [0.15, 0.2) is 59.5 Å². The molecule has 21 heavy (non-hydrogen) atoms. The van der Waals surface area contributed by atoms with E-state index in [0.29, 0.717) is 0 Å². The number of hydrogen-bond donors (Lipinski definition) is 1. The number of nitrogens with zero attached hydrogens (tertiary/aromatic N) is 3. The zero-order valence-corrected chi connectivity index (χ0v) is 11.9. The third-order valence-corrected chi connectivity index (χ3v) is 3.10. The van der Waals surface area contributed by atoms with Crippen molar-refractivity contribution < 1.29 is 4.42 Å². The minimum Gasteiger partial charge on any atom is -0.463 e. The topological polar surface area (TPSA) is 54.2 Å². The summed E-state index contributed by atoms with van der Waals surface area (Å²) in [6, 6.07) is 13.7. The summed E-state index contributed by atoms with van der Waals surface area (Å²) in [5, 5.41) is 3.26. The van der Waals surface area contributed by atoms with Gasteiger partial charge in [-0.1, -0.05) is 0 Å². The summed E-state index contributed by atoms with van der Waals surface area (Å²) in [4.78, 5) is 10.5. The van der Waals surface area contributed by atoms with Gasteiger partial charge in [-0.3, -0.25) is 0 Å². The molecule has 0 fully saturated rings. The molecular weight excluding hydrogens is 264 g/mol. The Labute approximate surface area is 123 Å². The summed E-state index contributed by atoms with van der Waals surface area (Å²) in [5.41, 5.74) is 2.88. The number of anilines is 3. The van der Waals surface area contributed by atoms with Crippen molar-refractivity contribution in [2.45, 2.75) is 0 Å². The molecule has 0 aliphatic rings. The quantitative estimate of drug-likeness (QED) is 0.792. The fourth-order valence-corrected chi connectivity index (χ4v) is 1.98. The van der Waals surface area contributed by atoms with Crippen molar-refractivity contribution in [1.29, 1.82) is 0 Å². The van der Waals surface area contributed by atoms with E-state index in [-0.39, 0.29) is 0 Å². The van der Waals surface area contributed by atoms with Crippen LogP contribution in [0.3, 0.4) is 0 Å². The second-order valence-electron chi connectivity index (χ2n) is 4.83. The average molecular weight is 280 g/mol. The molecule has 3 aromatic rings. The van der Waals surface area contributed by atoms with Crippen molar-refractivity contribution in [1.82, 2.24) is 9.97 Å². The van der Waals surface area contributed by atoms with Crippen LogP contribution < -0.4 is 10.2 Å². The first-order valence-corrected chi connectivity index (χ1v) is 6.63. The van der Waals surface area contributed by atoms with Gasteiger partial charge in [0, 0.05) is 31.5 Å². The van der Waals surface area contributed by atoms with Gasteiger partial charge < -0.3 is 14.6 Å². The molecule has 1 aromatic carbocycles. The smallest absolute Gasteiger partial charge is 0.152 e. The van der Waals surface area contributed by atoms with Crippen molar-refractivity contribution in [3.05, 3.63) is 55.1 Å². The van der Waals surface area contributed by atoms with E-state index in [1.54, 1.807) is 6.26 Å². The van der Waals surface area contributed by atoms with Crippen LogP contribution in [-0.2, 0) is 0 Å². The van der Waals surface area contributed by atoms with Gasteiger partial charge in [-0.25, -0.2) is 9.97 Å². The van der Waals surface area contributed by atoms with Crippen LogP contribution in [0, 0.1) is 0 Å². The molecule has 5 heteroatoms.